The van der Waals surface area contributed by atoms with E-state index in [2.05, 4.69) is 0 Å². The van der Waals surface area contributed by atoms with Gasteiger partial charge in [0.1, 0.15) is 11.3 Å². The van der Waals surface area contributed by atoms with Gasteiger partial charge in [-0.1, -0.05) is 0 Å². The predicted molar refractivity (Wildman–Crippen MR) is 74.4 cm³/mol. The lowest BCUT2D eigenvalue weighted by molar-refractivity contribution is -0.117. The topological polar surface area (TPSA) is 123 Å². The number of hydrogen-bond acceptors (Lipinski definition) is 4. The van der Waals surface area contributed by atoms with Crippen molar-refractivity contribution in [1.29, 1.82) is 0 Å². The number of aromatic nitrogens is 1. The van der Waals surface area contributed by atoms with Gasteiger partial charge in [0.25, 0.3) is 0 Å². The van der Waals surface area contributed by atoms with Crippen LogP contribution >= 0.6 is 0 Å². The molecule has 110 valence electrons. The smallest absolute Gasteiger partial charge is 0.340 e. The number of carboxylic acids is 1. The van der Waals surface area contributed by atoms with Crippen LogP contribution in [0.25, 0.3) is 10.9 Å². The number of aromatic carboxylic acids is 1. The Morgan fingerprint density at radius 3 is 2.48 bits per heavy atom. The molecule has 0 aliphatic rings. The molecule has 1 heterocycles. The van der Waals surface area contributed by atoms with Gasteiger partial charge in [-0.3, -0.25) is 14.2 Å². The van der Waals surface area contributed by atoms with Gasteiger partial charge >= 0.3 is 5.97 Å². The molecule has 0 unspecified atom stereocenters. The Balaban J connectivity index is 2.77. The third kappa shape index (κ3) is 2.58. The second-order valence-electron chi connectivity index (χ2n) is 4.67. The average Bonchev–Trinajstić information content (AvgIpc) is 2.74. The molecule has 0 bridgehead atoms. The van der Waals surface area contributed by atoms with Crippen LogP contribution < -0.4 is 5.73 Å². The summed E-state index contributed by atoms with van der Waals surface area (Å²) in [6, 6.07) is 2.69. The average molecular weight is 290 g/mol. The number of carbonyl (C=O) groups is 3. The molecule has 0 aliphatic carbocycles. The quantitative estimate of drug-likeness (QED) is 0.778. The molecule has 7 heteroatoms. The molecular formula is C14H14N2O5. The van der Waals surface area contributed by atoms with Crippen molar-refractivity contribution in [2.75, 3.05) is 0 Å². The minimum atomic E-state index is -1.31. The van der Waals surface area contributed by atoms with Crippen LogP contribution in [0.1, 0.15) is 34.1 Å². The number of benzene rings is 1. The molecule has 0 radical (unpaired) electrons. The summed E-state index contributed by atoms with van der Waals surface area (Å²) in [6.45, 7) is 1.34. The molecule has 0 saturated heterocycles. The molecule has 0 aliphatic heterocycles. The van der Waals surface area contributed by atoms with E-state index in [9.17, 15) is 24.6 Å². The van der Waals surface area contributed by atoms with Crippen molar-refractivity contribution in [1.82, 2.24) is 4.57 Å². The summed E-state index contributed by atoms with van der Waals surface area (Å²) in [6.07, 6.45) is 1.68. The number of rotatable bonds is 4. The highest BCUT2D eigenvalue weighted by atomic mass is 16.4. The highest BCUT2D eigenvalue weighted by Gasteiger charge is 2.21. The monoisotopic (exact) mass is 290 g/mol. The standard InChI is InChI=1S/C14H14N2O5/c1-7(17)16-6-8(2-5-11(15)19)12-9(16)3-4-10(18)13(12)14(20)21/h3-4,6,18H,2,5H2,1H3,(H2,15,19)(H,20,21). The number of amides is 1. The van der Waals surface area contributed by atoms with Crippen molar-refractivity contribution in [3.63, 3.8) is 0 Å². The Labute approximate surface area is 119 Å². The Hall–Kier alpha value is -2.83. The molecule has 7 nitrogen and oxygen atoms in total. The van der Waals surface area contributed by atoms with Crippen LogP contribution in [-0.2, 0) is 11.2 Å². The zero-order chi connectivity index (χ0) is 15.7. The largest absolute Gasteiger partial charge is 0.507 e. The van der Waals surface area contributed by atoms with E-state index in [4.69, 9.17) is 5.73 Å². The van der Waals surface area contributed by atoms with Gasteiger partial charge in [0.15, 0.2) is 0 Å². The lowest BCUT2D eigenvalue weighted by atomic mass is 10.0. The van der Waals surface area contributed by atoms with Gasteiger partial charge in [-0.25, -0.2) is 4.79 Å². The molecular weight excluding hydrogens is 276 g/mol. The van der Waals surface area contributed by atoms with E-state index in [0.717, 1.165) is 0 Å². The van der Waals surface area contributed by atoms with Crippen LogP contribution in [0, 0.1) is 0 Å². The number of nitrogens with two attached hydrogens (primary N) is 1. The van der Waals surface area contributed by atoms with Crippen LogP contribution in [-0.4, -0.2) is 32.6 Å². The zero-order valence-electron chi connectivity index (χ0n) is 11.3. The first-order valence-corrected chi connectivity index (χ1v) is 6.21. The number of hydrogen-bond donors (Lipinski definition) is 3. The second kappa shape index (κ2) is 5.28. The maximum absolute atomic E-state index is 11.6. The van der Waals surface area contributed by atoms with Gasteiger partial charge in [0, 0.05) is 24.9 Å². The summed E-state index contributed by atoms with van der Waals surface area (Å²) in [5, 5.41) is 19.3. The third-order valence-corrected chi connectivity index (χ3v) is 3.22. The summed E-state index contributed by atoms with van der Waals surface area (Å²) in [7, 11) is 0. The summed E-state index contributed by atoms with van der Waals surface area (Å²) in [5.74, 6) is -2.53. The summed E-state index contributed by atoms with van der Waals surface area (Å²) in [4.78, 5) is 33.9. The first-order chi connectivity index (χ1) is 9.82. The lowest BCUT2D eigenvalue weighted by Crippen LogP contribution is -2.11. The van der Waals surface area contributed by atoms with Gasteiger partial charge in [-0.05, 0) is 24.1 Å². The lowest BCUT2D eigenvalue weighted by Gasteiger charge is -2.05. The number of aryl methyl sites for hydroxylation is 1. The van der Waals surface area contributed by atoms with E-state index in [1.807, 2.05) is 0 Å². The Morgan fingerprint density at radius 1 is 1.29 bits per heavy atom. The van der Waals surface area contributed by atoms with Crippen LogP contribution in [0.5, 0.6) is 5.75 Å². The van der Waals surface area contributed by atoms with Gasteiger partial charge in [-0.15, -0.1) is 0 Å². The number of phenols is 1. The number of carbonyl (C=O) groups excluding carboxylic acids is 2. The second-order valence-corrected chi connectivity index (χ2v) is 4.67. The van der Waals surface area contributed by atoms with E-state index in [0.29, 0.717) is 11.1 Å². The number of carboxylic acid groups (broad SMARTS) is 1. The SMILES string of the molecule is CC(=O)n1cc(CCC(N)=O)c2c(C(=O)O)c(O)ccc21. The molecule has 21 heavy (non-hydrogen) atoms. The molecule has 1 aromatic heterocycles. The van der Waals surface area contributed by atoms with Crippen molar-refractivity contribution in [2.45, 2.75) is 19.8 Å². The van der Waals surface area contributed by atoms with E-state index < -0.39 is 17.6 Å². The van der Waals surface area contributed by atoms with Crippen LogP contribution in [0.2, 0.25) is 0 Å². The van der Waals surface area contributed by atoms with Crippen molar-refractivity contribution < 1.29 is 24.6 Å². The Bertz CT molecular complexity index is 760. The molecule has 0 spiro atoms. The first kappa shape index (κ1) is 14.6. The van der Waals surface area contributed by atoms with E-state index in [-0.39, 0.29) is 29.7 Å². The van der Waals surface area contributed by atoms with E-state index in [1.165, 1.54) is 29.8 Å². The Morgan fingerprint density at radius 2 is 1.95 bits per heavy atom. The third-order valence-electron chi connectivity index (χ3n) is 3.22. The first-order valence-electron chi connectivity index (χ1n) is 6.21. The van der Waals surface area contributed by atoms with Crippen molar-refractivity contribution in [2.24, 2.45) is 5.73 Å². The van der Waals surface area contributed by atoms with Gasteiger partial charge in [-0.2, -0.15) is 0 Å². The van der Waals surface area contributed by atoms with Gasteiger partial charge < -0.3 is 15.9 Å². The molecule has 2 aromatic rings. The van der Waals surface area contributed by atoms with Crippen LogP contribution in [0.4, 0.5) is 0 Å². The summed E-state index contributed by atoms with van der Waals surface area (Å²) in [5.41, 5.74) is 5.67. The maximum Gasteiger partial charge on any atom is 0.340 e. The Kier molecular flexibility index (Phi) is 3.66. The highest BCUT2D eigenvalue weighted by molar-refractivity contribution is 6.09. The molecule has 0 fully saturated rings. The number of primary amides is 1. The number of fused-ring (bicyclic) bond motifs is 1. The normalized spacial score (nSPS) is 10.7. The molecule has 0 atom stereocenters. The zero-order valence-corrected chi connectivity index (χ0v) is 11.3. The van der Waals surface area contributed by atoms with Crippen molar-refractivity contribution in [3.8, 4) is 5.75 Å². The van der Waals surface area contributed by atoms with Crippen LogP contribution in [0.3, 0.4) is 0 Å². The maximum atomic E-state index is 11.6. The molecule has 0 saturated carbocycles. The van der Waals surface area contributed by atoms with Gasteiger partial charge in [0.2, 0.25) is 11.8 Å². The number of nitrogens with zero attached hydrogens (tertiary/aromatic N) is 1. The molecule has 4 N–H and O–H groups in total. The fraction of sp³-hybridized carbons (Fsp3) is 0.214. The molecule has 1 amide bonds. The van der Waals surface area contributed by atoms with Crippen LogP contribution in [0.15, 0.2) is 18.3 Å². The predicted octanol–water partition coefficient (Wildman–Crippen LogP) is 1.12. The minimum absolute atomic E-state index is 0.0196. The summed E-state index contributed by atoms with van der Waals surface area (Å²) >= 11 is 0. The number of aromatic hydroxyl groups is 1. The minimum Gasteiger partial charge on any atom is -0.507 e. The van der Waals surface area contributed by atoms with Gasteiger partial charge in [0.05, 0.1) is 5.52 Å². The molecule has 1 aromatic carbocycles. The molecule has 2 rings (SSSR count). The van der Waals surface area contributed by atoms with E-state index in [1.54, 1.807) is 0 Å². The van der Waals surface area contributed by atoms with Crippen molar-refractivity contribution >= 4 is 28.7 Å². The van der Waals surface area contributed by atoms with Crippen molar-refractivity contribution in [3.05, 3.63) is 29.5 Å². The fourth-order valence-corrected chi connectivity index (χ4v) is 2.32. The fourth-order valence-electron chi connectivity index (χ4n) is 2.32. The summed E-state index contributed by atoms with van der Waals surface area (Å²) < 4.78 is 1.29. The highest BCUT2D eigenvalue weighted by Crippen LogP contribution is 2.32. The van der Waals surface area contributed by atoms with E-state index >= 15 is 0 Å².